The molecule has 0 aliphatic carbocycles. The van der Waals surface area contributed by atoms with E-state index in [1.165, 1.54) is 4.90 Å². The molecule has 0 radical (unpaired) electrons. The number of nitrogens with zero attached hydrogens (tertiary/aromatic N) is 3. The van der Waals surface area contributed by atoms with Gasteiger partial charge in [0.2, 0.25) is 0 Å². The molecule has 0 spiro atoms. The number of carbonyl (C=O) groups excluding carboxylic acids is 1. The number of nitrogens with one attached hydrogen (secondary N) is 2. The minimum Gasteiger partial charge on any atom is -0.338 e. The van der Waals surface area contributed by atoms with E-state index < -0.39 is 12.7 Å². The first kappa shape index (κ1) is 16.6. The minimum atomic E-state index is -4.17. The molecule has 2 N–H and O–H groups in total. The van der Waals surface area contributed by atoms with Crippen molar-refractivity contribution in [2.24, 2.45) is 5.92 Å². The van der Waals surface area contributed by atoms with Crippen LogP contribution in [0.3, 0.4) is 0 Å². The molecule has 1 aliphatic rings. The minimum absolute atomic E-state index is 0.0477. The summed E-state index contributed by atoms with van der Waals surface area (Å²) in [5.41, 5.74) is 0.587. The van der Waals surface area contributed by atoms with E-state index in [4.69, 9.17) is 0 Å². The zero-order valence-corrected chi connectivity index (χ0v) is 12.4. The average molecular weight is 319 g/mol. The van der Waals surface area contributed by atoms with E-state index in [9.17, 15) is 18.0 Å². The second-order valence-electron chi connectivity index (χ2n) is 5.42. The molecule has 2 rings (SSSR count). The molecule has 6 nitrogen and oxygen atoms in total. The fourth-order valence-corrected chi connectivity index (χ4v) is 2.49. The molecule has 1 unspecified atom stereocenters. The van der Waals surface area contributed by atoms with E-state index >= 15 is 0 Å². The molecule has 2 heterocycles. The van der Waals surface area contributed by atoms with E-state index in [2.05, 4.69) is 15.7 Å². The molecule has 124 valence electrons. The molecule has 1 saturated heterocycles. The van der Waals surface area contributed by atoms with E-state index in [-0.39, 0.29) is 11.9 Å². The van der Waals surface area contributed by atoms with Gasteiger partial charge in [-0.1, -0.05) is 0 Å². The Morgan fingerprint density at radius 2 is 2.27 bits per heavy atom. The van der Waals surface area contributed by atoms with Crippen LogP contribution in [0.4, 0.5) is 23.7 Å². The number of urea groups is 1. The molecule has 0 saturated carbocycles. The summed E-state index contributed by atoms with van der Waals surface area (Å²) in [5, 5.41) is 9.36. The Kier molecular flexibility index (Phi) is 5.28. The summed E-state index contributed by atoms with van der Waals surface area (Å²) in [4.78, 5) is 13.1. The third-order valence-electron chi connectivity index (χ3n) is 3.54. The van der Waals surface area contributed by atoms with Crippen LogP contribution in [0.25, 0.3) is 0 Å². The summed E-state index contributed by atoms with van der Waals surface area (Å²) in [6.45, 7) is 2.89. The van der Waals surface area contributed by atoms with Crippen LogP contribution in [0.5, 0.6) is 0 Å². The van der Waals surface area contributed by atoms with Gasteiger partial charge >= 0.3 is 12.2 Å². The summed E-state index contributed by atoms with van der Waals surface area (Å²) in [5.74, 6) is 0.0477. The molecule has 22 heavy (non-hydrogen) atoms. The van der Waals surface area contributed by atoms with Crippen molar-refractivity contribution in [3.05, 3.63) is 12.4 Å². The first-order valence-electron chi connectivity index (χ1n) is 7.22. The molecule has 9 heteroatoms. The highest BCUT2D eigenvalue weighted by Gasteiger charge is 2.34. The van der Waals surface area contributed by atoms with Crippen molar-refractivity contribution in [1.29, 1.82) is 0 Å². The smallest absolute Gasteiger partial charge is 0.338 e. The second kappa shape index (κ2) is 6.99. The third-order valence-corrected chi connectivity index (χ3v) is 3.54. The maximum Gasteiger partial charge on any atom is 0.401 e. The standard InChI is InChI=1S/C13H20F3N5O/c1-2-21-8-11(6-18-21)19-12(22)17-5-10-3-4-20(7-10)9-13(14,15)16/h6,8,10H,2-5,7,9H2,1H3,(H2,17,19,22). The van der Waals surface area contributed by atoms with Crippen LogP contribution in [0.15, 0.2) is 12.4 Å². The predicted molar refractivity (Wildman–Crippen MR) is 75.5 cm³/mol. The maximum absolute atomic E-state index is 12.3. The highest BCUT2D eigenvalue weighted by molar-refractivity contribution is 5.88. The Hall–Kier alpha value is -1.77. The van der Waals surface area contributed by atoms with E-state index in [0.29, 0.717) is 38.3 Å². The number of likely N-dealkylation sites (tertiary alicyclic amines) is 1. The summed E-state index contributed by atoms with van der Waals surface area (Å²) in [6, 6.07) is -0.370. The lowest BCUT2D eigenvalue weighted by molar-refractivity contribution is -0.143. The Morgan fingerprint density at radius 3 is 2.91 bits per heavy atom. The summed E-state index contributed by atoms with van der Waals surface area (Å²) in [7, 11) is 0. The quantitative estimate of drug-likeness (QED) is 0.871. The first-order chi connectivity index (χ1) is 10.4. The van der Waals surface area contributed by atoms with Gasteiger partial charge in [-0.25, -0.2) is 4.79 Å². The number of amides is 2. The summed E-state index contributed by atoms with van der Waals surface area (Å²) in [6.07, 6.45) is -0.257. The normalized spacial score (nSPS) is 19.4. The highest BCUT2D eigenvalue weighted by atomic mass is 19.4. The van der Waals surface area contributed by atoms with Gasteiger partial charge in [0, 0.05) is 25.8 Å². The van der Waals surface area contributed by atoms with Gasteiger partial charge in [-0.15, -0.1) is 0 Å². The summed E-state index contributed by atoms with van der Waals surface area (Å²) < 4.78 is 38.6. The fourth-order valence-electron chi connectivity index (χ4n) is 2.49. The van der Waals surface area contributed by atoms with Crippen molar-refractivity contribution < 1.29 is 18.0 Å². The molecule has 1 aliphatic heterocycles. The van der Waals surface area contributed by atoms with Gasteiger partial charge in [-0.2, -0.15) is 18.3 Å². The Bertz CT molecular complexity index is 502. The number of halogens is 3. The Morgan fingerprint density at radius 1 is 1.50 bits per heavy atom. The van der Waals surface area contributed by atoms with Crippen molar-refractivity contribution in [3.8, 4) is 0 Å². The van der Waals surface area contributed by atoms with Crippen molar-refractivity contribution in [1.82, 2.24) is 20.0 Å². The number of carbonyl (C=O) groups is 1. The molecule has 1 aromatic heterocycles. The van der Waals surface area contributed by atoms with Crippen LogP contribution in [0, 0.1) is 5.92 Å². The molecule has 2 amide bonds. The highest BCUT2D eigenvalue weighted by Crippen LogP contribution is 2.22. The van der Waals surface area contributed by atoms with Crippen LogP contribution in [-0.2, 0) is 6.54 Å². The van der Waals surface area contributed by atoms with Crippen molar-refractivity contribution in [2.75, 3.05) is 31.5 Å². The number of hydrogen-bond donors (Lipinski definition) is 2. The molecule has 0 bridgehead atoms. The maximum atomic E-state index is 12.3. The molecule has 1 atom stereocenters. The van der Waals surface area contributed by atoms with Crippen LogP contribution in [-0.4, -0.2) is 53.1 Å². The molecular formula is C13H20F3N5O. The number of anilines is 1. The molecular weight excluding hydrogens is 299 g/mol. The second-order valence-corrected chi connectivity index (χ2v) is 5.42. The fraction of sp³-hybridized carbons (Fsp3) is 0.692. The first-order valence-corrected chi connectivity index (χ1v) is 7.22. The van der Waals surface area contributed by atoms with Gasteiger partial charge in [-0.3, -0.25) is 9.58 Å². The van der Waals surface area contributed by atoms with Crippen LogP contribution in [0.2, 0.25) is 0 Å². The van der Waals surface area contributed by atoms with Crippen LogP contribution < -0.4 is 10.6 Å². The number of aryl methyl sites for hydroxylation is 1. The number of hydrogen-bond acceptors (Lipinski definition) is 3. The van der Waals surface area contributed by atoms with Crippen LogP contribution in [0.1, 0.15) is 13.3 Å². The third kappa shape index (κ3) is 5.21. The van der Waals surface area contributed by atoms with Crippen LogP contribution >= 0.6 is 0 Å². The topological polar surface area (TPSA) is 62.2 Å². The van der Waals surface area contributed by atoms with E-state index in [1.807, 2.05) is 6.92 Å². The number of alkyl halides is 3. The lowest BCUT2D eigenvalue weighted by Crippen LogP contribution is -2.36. The van der Waals surface area contributed by atoms with Gasteiger partial charge in [-0.05, 0) is 25.8 Å². The lowest BCUT2D eigenvalue weighted by atomic mass is 10.1. The van der Waals surface area contributed by atoms with Gasteiger partial charge in [0.15, 0.2) is 0 Å². The average Bonchev–Trinajstić information content (AvgIpc) is 3.04. The van der Waals surface area contributed by atoms with Gasteiger partial charge in [0.25, 0.3) is 0 Å². The van der Waals surface area contributed by atoms with Crippen molar-refractivity contribution in [2.45, 2.75) is 26.1 Å². The van der Waals surface area contributed by atoms with Gasteiger partial charge in [0.05, 0.1) is 18.4 Å². The zero-order chi connectivity index (χ0) is 16.2. The van der Waals surface area contributed by atoms with Crippen molar-refractivity contribution in [3.63, 3.8) is 0 Å². The largest absolute Gasteiger partial charge is 0.401 e. The number of rotatable bonds is 5. The molecule has 1 aromatic rings. The Labute approximate surface area is 126 Å². The van der Waals surface area contributed by atoms with Gasteiger partial charge in [0.1, 0.15) is 0 Å². The monoisotopic (exact) mass is 319 g/mol. The van der Waals surface area contributed by atoms with Crippen molar-refractivity contribution >= 4 is 11.7 Å². The zero-order valence-electron chi connectivity index (χ0n) is 12.4. The summed E-state index contributed by atoms with van der Waals surface area (Å²) >= 11 is 0. The molecule has 1 fully saturated rings. The predicted octanol–water partition coefficient (Wildman–Crippen LogP) is 1.91. The Balaban J connectivity index is 1.69. The van der Waals surface area contributed by atoms with Gasteiger partial charge < -0.3 is 10.6 Å². The SMILES string of the molecule is CCn1cc(NC(=O)NCC2CCN(CC(F)(F)F)C2)cn1. The molecule has 0 aromatic carbocycles. The lowest BCUT2D eigenvalue weighted by Gasteiger charge is -2.18. The van der Waals surface area contributed by atoms with E-state index in [0.717, 1.165) is 0 Å². The number of aromatic nitrogens is 2. The van der Waals surface area contributed by atoms with E-state index in [1.54, 1.807) is 17.1 Å².